The summed E-state index contributed by atoms with van der Waals surface area (Å²) in [6, 6.07) is 7.44. The van der Waals surface area contributed by atoms with Crippen LogP contribution in [0.1, 0.15) is 31.2 Å². The Morgan fingerprint density at radius 3 is 3.05 bits per heavy atom. The van der Waals surface area contributed by atoms with E-state index in [0.29, 0.717) is 12.7 Å². The Labute approximate surface area is 119 Å². The predicted molar refractivity (Wildman–Crippen MR) is 76.8 cm³/mol. The molecule has 2 rings (SSSR count). The number of hydrogen-bond acceptors (Lipinski definition) is 3. The summed E-state index contributed by atoms with van der Waals surface area (Å²) in [7, 11) is 0. The van der Waals surface area contributed by atoms with Gasteiger partial charge in [-0.2, -0.15) is 0 Å². The lowest BCUT2D eigenvalue weighted by Crippen LogP contribution is -2.07. The molecule has 0 amide bonds. The Morgan fingerprint density at radius 2 is 2.30 bits per heavy atom. The molecule has 1 aromatic carbocycles. The van der Waals surface area contributed by atoms with Crippen LogP contribution < -0.4 is 4.74 Å². The second-order valence-electron chi connectivity index (χ2n) is 4.84. The van der Waals surface area contributed by atoms with Gasteiger partial charge in [0.05, 0.1) is 12.7 Å². The predicted octanol–water partition coefficient (Wildman–Crippen LogP) is 3.12. The van der Waals surface area contributed by atoms with E-state index in [1.165, 1.54) is 0 Å². The van der Waals surface area contributed by atoms with Crippen molar-refractivity contribution in [1.29, 1.82) is 0 Å². The molecule has 0 bridgehead atoms. The summed E-state index contributed by atoms with van der Waals surface area (Å²) >= 11 is 0. The molecule has 1 N–H and O–H groups in total. The van der Waals surface area contributed by atoms with E-state index in [9.17, 15) is 4.79 Å². The minimum absolute atomic E-state index is 0.390. The molecule has 0 aromatic heterocycles. The topological polar surface area (TPSA) is 55.8 Å². The highest BCUT2D eigenvalue weighted by Gasteiger charge is 2.14. The third-order valence-electron chi connectivity index (χ3n) is 3.28. The molecule has 1 aliphatic rings. The van der Waals surface area contributed by atoms with Crippen LogP contribution in [-0.4, -0.2) is 30.4 Å². The molecule has 4 nitrogen and oxygen atoms in total. The molecule has 1 unspecified atom stereocenters. The quantitative estimate of drug-likeness (QED) is 0.614. The number of para-hydroxylation sites is 1. The van der Waals surface area contributed by atoms with Crippen molar-refractivity contribution in [3.63, 3.8) is 0 Å². The number of ether oxygens (including phenoxy) is 2. The second kappa shape index (κ2) is 7.70. The third-order valence-corrected chi connectivity index (χ3v) is 3.28. The van der Waals surface area contributed by atoms with E-state index in [2.05, 4.69) is 0 Å². The van der Waals surface area contributed by atoms with Gasteiger partial charge in [0.15, 0.2) is 0 Å². The van der Waals surface area contributed by atoms with Gasteiger partial charge in [-0.1, -0.05) is 18.2 Å². The minimum atomic E-state index is -0.960. The van der Waals surface area contributed by atoms with Crippen molar-refractivity contribution < 1.29 is 19.4 Å². The van der Waals surface area contributed by atoms with E-state index in [1.807, 2.05) is 24.3 Å². The van der Waals surface area contributed by atoms with Gasteiger partial charge in [0.25, 0.3) is 0 Å². The second-order valence-corrected chi connectivity index (χ2v) is 4.84. The molecule has 108 valence electrons. The fraction of sp³-hybridized carbons (Fsp3) is 0.438. The number of aliphatic carboxylic acids is 1. The summed E-state index contributed by atoms with van der Waals surface area (Å²) < 4.78 is 11.3. The lowest BCUT2D eigenvalue weighted by atomic mass is 10.1. The Hall–Kier alpha value is -1.81. The van der Waals surface area contributed by atoms with E-state index >= 15 is 0 Å². The van der Waals surface area contributed by atoms with Gasteiger partial charge in [-0.3, -0.25) is 0 Å². The summed E-state index contributed by atoms with van der Waals surface area (Å²) in [5.41, 5.74) is 0.784. The zero-order valence-corrected chi connectivity index (χ0v) is 11.5. The molecule has 0 radical (unpaired) electrons. The van der Waals surface area contributed by atoms with Gasteiger partial charge in [0.1, 0.15) is 5.75 Å². The fourth-order valence-electron chi connectivity index (χ4n) is 2.28. The van der Waals surface area contributed by atoms with Crippen LogP contribution in [0.15, 0.2) is 30.3 Å². The van der Waals surface area contributed by atoms with E-state index in [-0.39, 0.29) is 0 Å². The maximum atomic E-state index is 10.5. The third kappa shape index (κ3) is 4.70. The van der Waals surface area contributed by atoms with Crippen LogP contribution in [-0.2, 0) is 9.53 Å². The molecule has 1 aliphatic heterocycles. The van der Waals surface area contributed by atoms with E-state index in [0.717, 1.165) is 49.7 Å². The van der Waals surface area contributed by atoms with Gasteiger partial charge in [0.2, 0.25) is 0 Å². The van der Waals surface area contributed by atoms with Crippen molar-refractivity contribution in [1.82, 2.24) is 0 Å². The van der Waals surface area contributed by atoms with Crippen LogP contribution in [0.25, 0.3) is 6.08 Å². The maximum absolute atomic E-state index is 10.5. The number of carboxylic acid groups (broad SMARTS) is 1. The van der Waals surface area contributed by atoms with Gasteiger partial charge < -0.3 is 14.6 Å². The molecule has 1 heterocycles. The summed E-state index contributed by atoms with van der Waals surface area (Å²) in [4.78, 5) is 10.5. The molecule has 1 aromatic rings. The average molecular weight is 276 g/mol. The number of carbonyl (C=O) groups is 1. The van der Waals surface area contributed by atoms with Crippen LogP contribution in [0.5, 0.6) is 5.75 Å². The van der Waals surface area contributed by atoms with Gasteiger partial charge in [-0.25, -0.2) is 4.79 Å². The van der Waals surface area contributed by atoms with Gasteiger partial charge in [0, 0.05) is 18.2 Å². The molecule has 1 saturated heterocycles. The van der Waals surface area contributed by atoms with Crippen LogP contribution in [0.2, 0.25) is 0 Å². The van der Waals surface area contributed by atoms with Crippen LogP contribution in [0.3, 0.4) is 0 Å². The summed E-state index contributed by atoms with van der Waals surface area (Å²) in [5.74, 6) is -0.240. The number of hydrogen-bond donors (Lipinski definition) is 1. The van der Waals surface area contributed by atoms with Gasteiger partial charge in [-0.05, 0) is 37.8 Å². The summed E-state index contributed by atoms with van der Waals surface area (Å²) in [5, 5.41) is 8.66. The minimum Gasteiger partial charge on any atom is -0.493 e. The molecule has 1 fully saturated rings. The van der Waals surface area contributed by atoms with E-state index in [1.54, 1.807) is 6.08 Å². The van der Waals surface area contributed by atoms with Gasteiger partial charge in [-0.15, -0.1) is 0 Å². The summed E-state index contributed by atoms with van der Waals surface area (Å²) in [6.07, 6.45) is 7.34. The molecule has 0 spiro atoms. The first-order valence-corrected chi connectivity index (χ1v) is 7.00. The first kappa shape index (κ1) is 14.6. The highest BCUT2D eigenvalue weighted by atomic mass is 16.5. The van der Waals surface area contributed by atoms with Crippen molar-refractivity contribution in [3.05, 3.63) is 35.9 Å². The first-order valence-electron chi connectivity index (χ1n) is 7.00. The van der Waals surface area contributed by atoms with Crippen LogP contribution in [0, 0.1) is 0 Å². The Bertz CT molecular complexity index is 461. The highest BCUT2D eigenvalue weighted by Crippen LogP contribution is 2.21. The van der Waals surface area contributed by atoms with E-state index in [4.69, 9.17) is 14.6 Å². The van der Waals surface area contributed by atoms with Crippen LogP contribution >= 0.6 is 0 Å². The number of benzene rings is 1. The molecule has 1 atom stereocenters. The molecule has 4 heteroatoms. The molecule has 0 aliphatic carbocycles. The van der Waals surface area contributed by atoms with Crippen molar-refractivity contribution in [2.24, 2.45) is 0 Å². The standard InChI is InChI=1S/C16H20O4/c17-16(18)10-9-13-5-1-2-8-15(13)20-12-4-7-14-6-3-11-19-14/h1-2,5,8-10,14H,3-4,6-7,11-12H2,(H,17,18). The molecular weight excluding hydrogens is 256 g/mol. The maximum Gasteiger partial charge on any atom is 0.328 e. The van der Waals surface area contributed by atoms with E-state index < -0.39 is 5.97 Å². The monoisotopic (exact) mass is 276 g/mol. The number of carboxylic acids is 1. The molecule has 0 saturated carbocycles. The molecular formula is C16H20O4. The smallest absolute Gasteiger partial charge is 0.328 e. The SMILES string of the molecule is O=C(O)C=Cc1ccccc1OCCCC1CCCO1. The largest absolute Gasteiger partial charge is 0.493 e. The fourth-order valence-corrected chi connectivity index (χ4v) is 2.28. The van der Waals surface area contributed by atoms with Crippen molar-refractivity contribution >= 4 is 12.0 Å². The Morgan fingerprint density at radius 1 is 1.45 bits per heavy atom. The average Bonchev–Trinajstić information content (AvgIpc) is 2.95. The number of rotatable bonds is 7. The summed E-state index contributed by atoms with van der Waals surface area (Å²) in [6.45, 7) is 1.51. The lowest BCUT2D eigenvalue weighted by molar-refractivity contribution is -0.131. The van der Waals surface area contributed by atoms with Crippen molar-refractivity contribution in [2.45, 2.75) is 31.8 Å². The van der Waals surface area contributed by atoms with Crippen molar-refractivity contribution in [2.75, 3.05) is 13.2 Å². The highest BCUT2D eigenvalue weighted by molar-refractivity contribution is 5.85. The first-order chi connectivity index (χ1) is 9.75. The lowest BCUT2D eigenvalue weighted by Gasteiger charge is -2.11. The normalized spacial score (nSPS) is 18.5. The zero-order chi connectivity index (χ0) is 14.2. The Balaban J connectivity index is 1.80. The zero-order valence-electron chi connectivity index (χ0n) is 11.5. The molecule has 20 heavy (non-hydrogen) atoms. The Kier molecular flexibility index (Phi) is 5.62. The van der Waals surface area contributed by atoms with Crippen LogP contribution in [0.4, 0.5) is 0 Å². The van der Waals surface area contributed by atoms with Gasteiger partial charge >= 0.3 is 5.97 Å². The van der Waals surface area contributed by atoms with Crippen molar-refractivity contribution in [3.8, 4) is 5.75 Å².